The largest absolute Gasteiger partial charge is 0.463 e. The van der Waals surface area contributed by atoms with Crippen molar-refractivity contribution in [3.8, 4) is 6.01 Å². The lowest BCUT2D eigenvalue weighted by Crippen LogP contribution is -2.14. The monoisotopic (exact) mass is 297 g/mol. The molecule has 1 heterocycles. The number of hydrogen-bond donors (Lipinski definition) is 2. The number of nitrogens with one attached hydrogen (secondary N) is 2. The molecule has 0 aliphatic rings. The summed E-state index contributed by atoms with van der Waals surface area (Å²) in [6.45, 7) is 8.33. The van der Waals surface area contributed by atoms with E-state index >= 15 is 0 Å². The first kappa shape index (κ1) is 17.4. The lowest BCUT2D eigenvalue weighted by Gasteiger charge is -2.12. The standard InChI is InChI=1S/C14H27N5O2/c1-5-8-15-12-17-13(16-9-6-2)19-14(18-12)21-10-7-11(3)20-4/h11H,5-10H2,1-4H3,(H2,15,16,17,18,19). The molecule has 2 N–H and O–H groups in total. The van der Waals surface area contributed by atoms with E-state index in [0.29, 0.717) is 24.5 Å². The van der Waals surface area contributed by atoms with E-state index in [-0.39, 0.29) is 6.10 Å². The SMILES string of the molecule is CCCNc1nc(NCCC)nc(OCCC(C)OC)n1. The highest BCUT2D eigenvalue weighted by atomic mass is 16.5. The van der Waals surface area contributed by atoms with Crippen LogP contribution in [0.1, 0.15) is 40.0 Å². The van der Waals surface area contributed by atoms with E-state index in [4.69, 9.17) is 9.47 Å². The average Bonchev–Trinajstić information content (AvgIpc) is 2.50. The van der Waals surface area contributed by atoms with Gasteiger partial charge in [-0.05, 0) is 19.8 Å². The number of hydrogen-bond acceptors (Lipinski definition) is 7. The molecule has 1 rings (SSSR count). The van der Waals surface area contributed by atoms with Crippen LogP contribution in [0.5, 0.6) is 6.01 Å². The summed E-state index contributed by atoms with van der Waals surface area (Å²) < 4.78 is 10.8. The maximum atomic E-state index is 5.60. The van der Waals surface area contributed by atoms with Crippen molar-refractivity contribution in [2.24, 2.45) is 0 Å². The summed E-state index contributed by atoms with van der Waals surface area (Å²) in [4.78, 5) is 12.8. The van der Waals surface area contributed by atoms with E-state index in [0.717, 1.165) is 32.4 Å². The van der Waals surface area contributed by atoms with E-state index in [1.807, 2.05) is 6.92 Å². The Bertz CT molecular complexity index is 377. The fraction of sp³-hybridized carbons (Fsp3) is 0.786. The summed E-state index contributed by atoms with van der Waals surface area (Å²) >= 11 is 0. The lowest BCUT2D eigenvalue weighted by atomic mass is 10.3. The van der Waals surface area contributed by atoms with Crippen LogP contribution in [-0.2, 0) is 4.74 Å². The highest BCUT2D eigenvalue weighted by Gasteiger charge is 2.08. The highest BCUT2D eigenvalue weighted by molar-refractivity contribution is 5.35. The number of methoxy groups -OCH3 is 1. The summed E-state index contributed by atoms with van der Waals surface area (Å²) in [6.07, 6.45) is 2.95. The van der Waals surface area contributed by atoms with Gasteiger partial charge in [-0.15, -0.1) is 0 Å². The molecule has 0 amide bonds. The van der Waals surface area contributed by atoms with Gasteiger partial charge in [-0.1, -0.05) is 13.8 Å². The Balaban J connectivity index is 2.65. The third-order valence-electron chi connectivity index (χ3n) is 2.84. The zero-order valence-corrected chi connectivity index (χ0v) is 13.5. The molecule has 0 aromatic carbocycles. The Morgan fingerprint density at radius 3 is 2.05 bits per heavy atom. The molecular weight excluding hydrogens is 270 g/mol. The third kappa shape index (κ3) is 7.08. The fourth-order valence-electron chi connectivity index (χ4n) is 1.49. The first-order chi connectivity index (χ1) is 10.2. The minimum absolute atomic E-state index is 0.155. The van der Waals surface area contributed by atoms with Crippen LogP contribution >= 0.6 is 0 Å². The van der Waals surface area contributed by atoms with Crippen LogP contribution < -0.4 is 15.4 Å². The van der Waals surface area contributed by atoms with Crippen LogP contribution in [0.2, 0.25) is 0 Å². The Hall–Kier alpha value is -1.63. The molecule has 1 aromatic heterocycles. The summed E-state index contributed by atoms with van der Waals surface area (Å²) in [5.41, 5.74) is 0. The van der Waals surface area contributed by atoms with Crippen LogP contribution in [0.4, 0.5) is 11.9 Å². The minimum atomic E-state index is 0.155. The van der Waals surface area contributed by atoms with E-state index in [1.54, 1.807) is 7.11 Å². The van der Waals surface area contributed by atoms with E-state index in [1.165, 1.54) is 0 Å². The van der Waals surface area contributed by atoms with Gasteiger partial charge >= 0.3 is 6.01 Å². The molecule has 7 nitrogen and oxygen atoms in total. The quantitative estimate of drug-likeness (QED) is 0.648. The molecule has 0 aliphatic heterocycles. The molecule has 0 spiro atoms. The van der Waals surface area contributed by atoms with Gasteiger partial charge in [0.2, 0.25) is 11.9 Å². The van der Waals surface area contributed by atoms with Gasteiger partial charge in [0, 0.05) is 26.6 Å². The fourth-order valence-corrected chi connectivity index (χ4v) is 1.49. The summed E-state index contributed by atoms with van der Waals surface area (Å²) in [5.74, 6) is 1.08. The molecule has 0 fully saturated rings. The van der Waals surface area contributed by atoms with Crippen LogP contribution in [-0.4, -0.2) is 47.9 Å². The van der Waals surface area contributed by atoms with Crippen molar-refractivity contribution in [2.75, 3.05) is 37.4 Å². The smallest absolute Gasteiger partial charge is 0.323 e. The number of nitrogens with zero attached hydrogens (tertiary/aromatic N) is 3. The first-order valence-corrected chi connectivity index (χ1v) is 7.59. The second kappa shape index (κ2) is 10.1. The van der Waals surface area contributed by atoms with Gasteiger partial charge < -0.3 is 20.1 Å². The van der Waals surface area contributed by atoms with Crippen molar-refractivity contribution >= 4 is 11.9 Å². The van der Waals surface area contributed by atoms with Crippen LogP contribution in [0.3, 0.4) is 0 Å². The zero-order valence-electron chi connectivity index (χ0n) is 13.5. The van der Waals surface area contributed by atoms with Crippen molar-refractivity contribution < 1.29 is 9.47 Å². The number of anilines is 2. The normalized spacial score (nSPS) is 12.0. The topological polar surface area (TPSA) is 81.2 Å². The Labute approximate surface area is 126 Å². The van der Waals surface area contributed by atoms with Gasteiger partial charge in [-0.25, -0.2) is 0 Å². The second-order valence-corrected chi connectivity index (χ2v) is 4.80. The van der Waals surface area contributed by atoms with Gasteiger partial charge in [-0.2, -0.15) is 15.0 Å². The minimum Gasteiger partial charge on any atom is -0.463 e. The van der Waals surface area contributed by atoms with Crippen molar-refractivity contribution in [2.45, 2.75) is 46.1 Å². The second-order valence-electron chi connectivity index (χ2n) is 4.80. The van der Waals surface area contributed by atoms with Gasteiger partial charge in [-0.3, -0.25) is 0 Å². The molecular formula is C14H27N5O2. The third-order valence-corrected chi connectivity index (χ3v) is 2.84. The Morgan fingerprint density at radius 2 is 1.57 bits per heavy atom. The maximum absolute atomic E-state index is 5.60. The van der Waals surface area contributed by atoms with Crippen molar-refractivity contribution in [3.05, 3.63) is 0 Å². The molecule has 1 unspecified atom stereocenters. The molecule has 0 bridgehead atoms. The molecule has 1 atom stereocenters. The van der Waals surface area contributed by atoms with E-state index < -0.39 is 0 Å². The molecule has 21 heavy (non-hydrogen) atoms. The lowest BCUT2D eigenvalue weighted by molar-refractivity contribution is 0.0939. The zero-order chi connectivity index (χ0) is 15.5. The van der Waals surface area contributed by atoms with Crippen LogP contribution in [0.15, 0.2) is 0 Å². The van der Waals surface area contributed by atoms with Crippen LogP contribution in [0.25, 0.3) is 0 Å². The van der Waals surface area contributed by atoms with Crippen LogP contribution in [0, 0.1) is 0 Å². The first-order valence-electron chi connectivity index (χ1n) is 7.59. The summed E-state index contributed by atoms with van der Waals surface area (Å²) in [7, 11) is 1.69. The van der Waals surface area contributed by atoms with E-state index in [9.17, 15) is 0 Å². The van der Waals surface area contributed by atoms with E-state index in [2.05, 4.69) is 39.4 Å². The molecule has 1 aromatic rings. The Morgan fingerprint density at radius 1 is 1.00 bits per heavy atom. The molecule has 0 saturated carbocycles. The van der Waals surface area contributed by atoms with Crippen molar-refractivity contribution in [3.63, 3.8) is 0 Å². The number of aromatic nitrogens is 3. The number of rotatable bonds is 11. The van der Waals surface area contributed by atoms with Crippen molar-refractivity contribution in [1.82, 2.24) is 15.0 Å². The predicted octanol–water partition coefficient (Wildman–Crippen LogP) is 2.32. The van der Waals surface area contributed by atoms with Gasteiger partial charge in [0.1, 0.15) is 0 Å². The highest BCUT2D eigenvalue weighted by Crippen LogP contribution is 2.12. The molecule has 0 radical (unpaired) electrons. The summed E-state index contributed by atoms with van der Waals surface area (Å²) in [5, 5.41) is 6.31. The Kier molecular flexibility index (Phi) is 8.42. The van der Waals surface area contributed by atoms with Gasteiger partial charge in [0.25, 0.3) is 0 Å². The maximum Gasteiger partial charge on any atom is 0.323 e. The van der Waals surface area contributed by atoms with Crippen molar-refractivity contribution in [1.29, 1.82) is 0 Å². The molecule has 120 valence electrons. The molecule has 7 heteroatoms. The number of ether oxygens (including phenoxy) is 2. The summed E-state index contributed by atoms with van der Waals surface area (Å²) in [6, 6.07) is 0.338. The molecule has 0 saturated heterocycles. The predicted molar refractivity (Wildman–Crippen MR) is 84.0 cm³/mol. The van der Waals surface area contributed by atoms with Gasteiger partial charge in [0.05, 0.1) is 12.7 Å². The average molecular weight is 297 g/mol. The van der Waals surface area contributed by atoms with Gasteiger partial charge in [0.15, 0.2) is 0 Å². The molecule has 0 aliphatic carbocycles.